The van der Waals surface area contributed by atoms with Gasteiger partial charge in [0.2, 0.25) is 11.8 Å². The van der Waals surface area contributed by atoms with E-state index in [9.17, 15) is 9.59 Å². The molecule has 1 heterocycles. The van der Waals surface area contributed by atoms with E-state index < -0.39 is 0 Å². The van der Waals surface area contributed by atoms with Crippen molar-refractivity contribution in [3.05, 3.63) is 54.6 Å². The number of hydrogen-bond donors (Lipinski definition) is 1. The Morgan fingerprint density at radius 1 is 1.11 bits per heavy atom. The van der Waals surface area contributed by atoms with Gasteiger partial charge in [-0.1, -0.05) is 62.2 Å². The summed E-state index contributed by atoms with van der Waals surface area (Å²) in [4.78, 5) is 28.5. The molecule has 0 saturated carbocycles. The van der Waals surface area contributed by atoms with Gasteiger partial charge in [-0.3, -0.25) is 9.59 Å². The topological polar surface area (TPSA) is 66.6 Å². The largest absolute Gasteiger partial charge is 0.327 e. The van der Waals surface area contributed by atoms with E-state index in [-0.39, 0.29) is 30.9 Å². The number of nitrogens with zero attached hydrogens (tertiary/aromatic N) is 2. The predicted octanol–water partition coefficient (Wildman–Crippen LogP) is 3.05. The van der Waals surface area contributed by atoms with Crippen molar-refractivity contribution in [1.29, 1.82) is 0 Å². The second-order valence-electron chi connectivity index (χ2n) is 6.94. The van der Waals surface area contributed by atoms with E-state index in [4.69, 9.17) is 5.73 Å². The number of unbranched alkanes of at least 4 members (excludes halogenated alkanes) is 1. The molecule has 2 aromatic rings. The molecule has 0 radical (unpaired) electrons. The third-order valence-corrected chi connectivity index (χ3v) is 5.09. The average Bonchev–Trinajstić information content (AvgIpc) is 2.72. The zero-order valence-electron chi connectivity index (χ0n) is 15.8. The summed E-state index contributed by atoms with van der Waals surface area (Å²) in [6, 6.07) is 18.2. The number of amides is 2. The molecule has 142 valence electrons. The number of hydrogen-bond acceptors (Lipinski definition) is 3. The number of benzene rings is 2. The van der Waals surface area contributed by atoms with Crippen molar-refractivity contribution in [3.63, 3.8) is 0 Å². The molecule has 2 aromatic carbocycles. The third kappa shape index (κ3) is 4.37. The summed E-state index contributed by atoms with van der Waals surface area (Å²) in [7, 11) is 0. The Balaban J connectivity index is 1.86. The molecule has 0 spiro atoms. The number of rotatable bonds is 6. The van der Waals surface area contributed by atoms with Crippen LogP contribution in [0.2, 0.25) is 0 Å². The second kappa shape index (κ2) is 8.82. The molecule has 1 fully saturated rings. The second-order valence-corrected chi connectivity index (χ2v) is 6.94. The monoisotopic (exact) mass is 365 g/mol. The highest BCUT2D eigenvalue weighted by Gasteiger charge is 2.34. The van der Waals surface area contributed by atoms with Gasteiger partial charge in [-0.15, -0.1) is 0 Å². The van der Waals surface area contributed by atoms with Gasteiger partial charge in [-0.05, 0) is 29.7 Å². The fraction of sp³-hybridized carbons (Fsp3) is 0.364. The Kier molecular flexibility index (Phi) is 6.24. The van der Waals surface area contributed by atoms with E-state index in [1.807, 2.05) is 47.4 Å². The third-order valence-electron chi connectivity index (χ3n) is 5.09. The van der Waals surface area contributed by atoms with Gasteiger partial charge < -0.3 is 15.5 Å². The van der Waals surface area contributed by atoms with Gasteiger partial charge in [0.05, 0.1) is 12.6 Å². The van der Waals surface area contributed by atoms with Gasteiger partial charge in [-0.25, -0.2) is 0 Å². The SMILES string of the molecule is CCCCC1CN(c2cccc(-c3ccccc3)c2)C(=O)CN1C(=O)CN. The molecule has 27 heavy (non-hydrogen) atoms. The summed E-state index contributed by atoms with van der Waals surface area (Å²) in [5, 5.41) is 0. The molecule has 1 atom stereocenters. The van der Waals surface area contributed by atoms with E-state index in [0.29, 0.717) is 6.54 Å². The lowest BCUT2D eigenvalue weighted by Crippen LogP contribution is -2.59. The Labute approximate surface area is 160 Å². The minimum atomic E-state index is -0.151. The normalized spacial score (nSPS) is 17.3. The van der Waals surface area contributed by atoms with Crippen LogP contribution in [0.1, 0.15) is 26.2 Å². The maximum atomic E-state index is 12.8. The van der Waals surface area contributed by atoms with Crippen LogP contribution in [-0.2, 0) is 9.59 Å². The molecule has 1 saturated heterocycles. The maximum absolute atomic E-state index is 12.8. The highest BCUT2D eigenvalue weighted by Crippen LogP contribution is 2.27. The lowest BCUT2D eigenvalue weighted by Gasteiger charge is -2.41. The smallest absolute Gasteiger partial charge is 0.246 e. The Hall–Kier alpha value is -2.66. The van der Waals surface area contributed by atoms with Gasteiger partial charge in [-0.2, -0.15) is 0 Å². The summed E-state index contributed by atoms with van der Waals surface area (Å²) in [5.41, 5.74) is 8.62. The quantitative estimate of drug-likeness (QED) is 0.856. The van der Waals surface area contributed by atoms with E-state index in [0.717, 1.165) is 36.1 Å². The fourth-order valence-electron chi connectivity index (χ4n) is 3.60. The van der Waals surface area contributed by atoms with Crippen LogP contribution < -0.4 is 10.6 Å². The fourth-order valence-corrected chi connectivity index (χ4v) is 3.60. The van der Waals surface area contributed by atoms with Crippen LogP contribution in [-0.4, -0.2) is 42.4 Å². The van der Waals surface area contributed by atoms with Crippen molar-refractivity contribution in [2.75, 3.05) is 24.5 Å². The number of nitrogens with two attached hydrogens (primary N) is 1. The van der Waals surface area contributed by atoms with Crippen molar-refractivity contribution in [3.8, 4) is 11.1 Å². The highest BCUT2D eigenvalue weighted by atomic mass is 16.2. The Morgan fingerprint density at radius 2 is 1.85 bits per heavy atom. The van der Waals surface area contributed by atoms with Gasteiger partial charge in [0.15, 0.2) is 0 Å². The molecule has 2 N–H and O–H groups in total. The first kappa shape index (κ1) is 19.1. The Bertz CT molecular complexity index is 791. The first-order valence-corrected chi connectivity index (χ1v) is 9.59. The first-order chi connectivity index (χ1) is 13.1. The van der Waals surface area contributed by atoms with Crippen LogP contribution in [0, 0.1) is 0 Å². The van der Waals surface area contributed by atoms with Crippen LogP contribution in [0.25, 0.3) is 11.1 Å². The van der Waals surface area contributed by atoms with Crippen molar-refractivity contribution in [1.82, 2.24) is 4.90 Å². The van der Waals surface area contributed by atoms with Crippen molar-refractivity contribution in [2.45, 2.75) is 32.2 Å². The molecule has 5 heteroatoms. The lowest BCUT2D eigenvalue weighted by molar-refractivity contribution is -0.138. The number of anilines is 1. The lowest BCUT2D eigenvalue weighted by atomic mass is 10.0. The van der Waals surface area contributed by atoms with Crippen molar-refractivity contribution in [2.24, 2.45) is 5.73 Å². The molecule has 5 nitrogen and oxygen atoms in total. The van der Waals surface area contributed by atoms with E-state index >= 15 is 0 Å². The molecule has 3 rings (SSSR count). The summed E-state index contributed by atoms with van der Waals surface area (Å²) < 4.78 is 0. The summed E-state index contributed by atoms with van der Waals surface area (Å²) in [5.74, 6) is -0.211. The molecule has 1 unspecified atom stereocenters. The number of piperazine rings is 1. The molecule has 2 amide bonds. The number of carbonyl (C=O) groups is 2. The average molecular weight is 365 g/mol. The standard InChI is InChI=1S/C22H27N3O2/c1-2-3-11-20-15-24(22(27)16-25(20)21(26)14-23)19-12-7-10-18(13-19)17-8-5-4-6-9-17/h4-10,12-13,20H,2-3,11,14-16,23H2,1H3. The predicted molar refractivity (Wildman–Crippen MR) is 108 cm³/mol. The van der Waals surface area contributed by atoms with Crippen LogP contribution in [0.15, 0.2) is 54.6 Å². The van der Waals surface area contributed by atoms with Gasteiger partial charge in [0, 0.05) is 12.2 Å². The van der Waals surface area contributed by atoms with Gasteiger partial charge >= 0.3 is 0 Å². The summed E-state index contributed by atoms with van der Waals surface area (Å²) >= 11 is 0. The van der Waals surface area contributed by atoms with Crippen molar-refractivity contribution < 1.29 is 9.59 Å². The minimum absolute atomic E-state index is 0.0130. The number of carbonyl (C=O) groups excluding carboxylic acids is 2. The molecule has 1 aliphatic heterocycles. The molecule has 1 aliphatic rings. The first-order valence-electron chi connectivity index (χ1n) is 9.59. The zero-order chi connectivity index (χ0) is 19.2. The molecule has 0 aromatic heterocycles. The van der Waals surface area contributed by atoms with Crippen molar-refractivity contribution >= 4 is 17.5 Å². The summed E-state index contributed by atoms with van der Waals surface area (Å²) in [6.45, 7) is 2.69. The van der Waals surface area contributed by atoms with Crippen LogP contribution >= 0.6 is 0 Å². The zero-order valence-corrected chi connectivity index (χ0v) is 15.8. The summed E-state index contributed by atoms with van der Waals surface area (Å²) in [6.07, 6.45) is 2.95. The molecular weight excluding hydrogens is 338 g/mol. The molecular formula is C22H27N3O2. The maximum Gasteiger partial charge on any atom is 0.246 e. The minimum Gasteiger partial charge on any atom is -0.327 e. The van der Waals surface area contributed by atoms with E-state index in [1.165, 1.54) is 0 Å². The molecule has 0 bridgehead atoms. The van der Waals surface area contributed by atoms with Gasteiger partial charge in [0.1, 0.15) is 6.54 Å². The van der Waals surface area contributed by atoms with Crippen LogP contribution in [0.3, 0.4) is 0 Å². The Morgan fingerprint density at radius 3 is 2.56 bits per heavy atom. The van der Waals surface area contributed by atoms with Crippen LogP contribution in [0.4, 0.5) is 5.69 Å². The molecule has 0 aliphatic carbocycles. The highest BCUT2D eigenvalue weighted by molar-refractivity contribution is 5.98. The van der Waals surface area contributed by atoms with E-state index in [2.05, 4.69) is 19.1 Å². The van der Waals surface area contributed by atoms with E-state index in [1.54, 1.807) is 4.90 Å². The van der Waals surface area contributed by atoms with Crippen LogP contribution in [0.5, 0.6) is 0 Å². The van der Waals surface area contributed by atoms with Gasteiger partial charge in [0.25, 0.3) is 0 Å².